The van der Waals surface area contributed by atoms with Crippen molar-refractivity contribution in [3.8, 4) is 0 Å². The van der Waals surface area contributed by atoms with Crippen molar-refractivity contribution >= 4 is 40.3 Å². The van der Waals surface area contributed by atoms with Gasteiger partial charge >= 0.3 is 0 Å². The molecule has 0 aromatic carbocycles. The van der Waals surface area contributed by atoms with E-state index in [0.717, 1.165) is 26.9 Å². The highest BCUT2D eigenvalue weighted by Crippen LogP contribution is 2.20. The van der Waals surface area contributed by atoms with Crippen LogP contribution in [-0.4, -0.2) is 16.5 Å². The van der Waals surface area contributed by atoms with Crippen molar-refractivity contribution < 1.29 is 0 Å². The number of thiol groups is 1. The maximum atomic E-state index is 4.32. The summed E-state index contributed by atoms with van der Waals surface area (Å²) in [4.78, 5) is 4.32. The average molecular weight is 306 g/mol. The van der Waals surface area contributed by atoms with E-state index in [1.54, 1.807) is 0 Å². The van der Waals surface area contributed by atoms with E-state index in [0.29, 0.717) is 0 Å². The average Bonchev–Trinajstić information content (AvgIpc) is 2.21. The van der Waals surface area contributed by atoms with Crippen molar-refractivity contribution in [2.75, 3.05) is 11.5 Å². The molecular weight excluding hydrogens is 290 g/mol. The quantitative estimate of drug-likeness (QED) is 0.622. The first kappa shape index (κ1) is 13.4. The summed E-state index contributed by atoms with van der Waals surface area (Å²) in [6.45, 7) is 2.28. The Morgan fingerprint density at radius 3 is 2.87 bits per heavy atom. The molecule has 1 aromatic heterocycles. The monoisotopic (exact) mass is 305 g/mol. The van der Waals surface area contributed by atoms with E-state index in [2.05, 4.69) is 46.5 Å². The van der Waals surface area contributed by atoms with Gasteiger partial charge in [-0.05, 0) is 58.3 Å². The number of halogens is 1. The third-order valence-electron chi connectivity index (χ3n) is 2.18. The summed E-state index contributed by atoms with van der Waals surface area (Å²) in [5.41, 5.74) is 0. The molecule has 1 heterocycles. The molecule has 0 aliphatic heterocycles. The van der Waals surface area contributed by atoms with Crippen LogP contribution in [-0.2, 0) is 0 Å². The molecule has 0 fully saturated rings. The summed E-state index contributed by atoms with van der Waals surface area (Å²) in [5.74, 6) is 2.90. The minimum atomic E-state index is 0.769. The van der Waals surface area contributed by atoms with Crippen LogP contribution in [0.4, 0.5) is 0 Å². The van der Waals surface area contributed by atoms with Crippen LogP contribution >= 0.6 is 40.3 Å². The number of rotatable bonds is 6. The molecule has 0 saturated heterocycles. The van der Waals surface area contributed by atoms with Crippen LogP contribution in [0, 0.1) is 5.92 Å². The molecule has 1 unspecified atom stereocenters. The number of hydrogen-bond acceptors (Lipinski definition) is 3. The van der Waals surface area contributed by atoms with Crippen LogP contribution in [0.3, 0.4) is 0 Å². The smallest absolute Gasteiger partial charge is 0.0960 e. The van der Waals surface area contributed by atoms with Gasteiger partial charge in [0, 0.05) is 10.7 Å². The van der Waals surface area contributed by atoms with E-state index in [1.165, 1.54) is 12.8 Å². The summed E-state index contributed by atoms with van der Waals surface area (Å²) in [6, 6.07) is 4.09. The molecule has 0 bridgehead atoms. The molecule has 0 spiro atoms. The molecule has 1 rings (SSSR count). The molecule has 1 nitrogen and oxygen atoms in total. The van der Waals surface area contributed by atoms with Gasteiger partial charge in [-0.25, -0.2) is 4.98 Å². The van der Waals surface area contributed by atoms with Crippen LogP contribution in [0.2, 0.25) is 0 Å². The van der Waals surface area contributed by atoms with Gasteiger partial charge in [-0.2, -0.15) is 12.6 Å². The van der Waals surface area contributed by atoms with Gasteiger partial charge in [0.25, 0.3) is 0 Å². The first-order valence-electron chi connectivity index (χ1n) is 5.07. The number of thioether (sulfide) groups is 1. The van der Waals surface area contributed by atoms with Crippen molar-refractivity contribution in [3.05, 3.63) is 22.8 Å². The molecule has 1 atom stereocenters. The summed E-state index contributed by atoms with van der Waals surface area (Å²) in [7, 11) is 0. The van der Waals surface area contributed by atoms with Gasteiger partial charge < -0.3 is 0 Å². The zero-order chi connectivity index (χ0) is 11.1. The number of nitrogens with zero attached hydrogens (tertiary/aromatic N) is 1. The van der Waals surface area contributed by atoms with E-state index < -0.39 is 0 Å². The summed E-state index contributed by atoms with van der Waals surface area (Å²) >= 11 is 9.44. The Hall–Kier alpha value is 0.330. The highest BCUT2D eigenvalue weighted by Gasteiger charge is 2.02. The second kappa shape index (κ2) is 7.58. The Kier molecular flexibility index (Phi) is 6.77. The van der Waals surface area contributed by atoms with E-state index in [9.17, 15) is 0 Å². The van der Waals surface area contributed by atoms with E-state index in [-0.39, 0.29) is 0 Å². The Balaban J connectivity index is 2.22. The van der Waals surface area contributed by atoms with Crippen LogP contribution in [0.25, 0.3) is 0 Å². The predicted octanol–water partition coefficient (Wildman–Crippen LogP) is 4.28. The zero-order valence-electron chi connectivity index (χ0n) is 8.82. The first-order chi connectivity index (χ1) is 7.22. The SMILES string of the molecule is CC(CCS)CCSc1ccc(Br)cn1. The standard InChI is InChI=1S/C11H16BrNS2/c1-9(4-6-14)5-7-15-11-3-2-10(12)8-13-11/h2-3,8-9,14H,4-7H2,1H3. The van der Waals surface area contributed by atoms with Crippen LogP contribution in [0.1, 0.15) is 19.8 Å². The number of aromatic nitrogens is 1. The minimum Gasteiger partial charge on any atom is -0.249 e. The molecule has 1 aromatic rings. The van der Waals surface area contributed by atoms with Crippen LogP contribution in [0.15, 0.2) is 27.8 Å². The van der Waals surface area contributed by atoms with Gasteiger partial charge in [-0.3, -0.25) is 0 Å². The fourth-order valence-electron chi connectivity index (χ4n) is 1.18. The highest BCUT2D eigenvalue weighted by atomic mass is 79.9. The molecule has 15 heavy (non-hydrogen) atoms. The van der Waals surface area contributed by atoms with E-state index >= 15 is 0 Å². The maximum absolute atomic E-state index is 4.32. The largest absolute Gasteiger partial charge is 0.249 e. The zero-order valence-corrected chi connectivity index (χ0v) is 12.1. The van der Waals surface area contributed by atoms with Crippen molar-refractivity contribution in [2.45, 2.75) is 24.8 Å². The normalized spacial score (nSPS) is 12.7. The summed E-state index contributed by atoms with van der Waals surface area (Å²) < 4.78 is 1.04. The Labute approximate surface area is 110 Å². The number of pyridine rings is 1. The highest BCUT2D eigenvalue weighted by molar-refractivity contribution is 9.10. The van der Waals surface area contributed by atoms with Crippen molar-refractivity contribution in [1.82, 2.24) is 4.98 Å². The molecule has 0 aliphatic rings. The molecule has 0 N–H and O–H groups in total. The third-order valence-corrected chi connectivity index (χ3v) is 3.89. The molecule has 0 saturated carbocycles. The van der Waals surface area contributed by atoms with Gasteiger partial charge in [0.2, 0.25) is 0 Å². The van der Waals surface area contributed by atoms with Crippen molar-refractivity contribution in [2.24, 2.45) is 5.92 Å². The Bertz CT molecular complexity index is 276. The van der Waals surface area contributed by atoms with Crippen molar-refractivity contribution in [1.29, 1.82) is 0 Å². The Morgan fingerprint density at radius 1 is 1.47 bits per heavy atom. The lowest BCUT2D eigenvalue weighted by molar-refractivity contribution is 0.554. The lowest BCUT2D eigenvalue weighted by Crippen LogP contribution is -1.97. The summed E-state index contributed by atoms with van der Waals surface area (Å²) in [5, 5.41) is 1.11. The second-order valence-electron chi connectivity index (χ2n) is 3.57. The van der Waals surface area contributed by atoms with E-state index in [4.69, 9.17) is 0 Å². The molecular formula is C11H16BrNS2. The fraction of sp³-hybridized carbons (Fsp3) is 0.545. The molecule has 0 radical (unpaired) electrons. The van der Waals surface area contributed by atoms with E-state index in [1.807, 2.05) is 24.0 Å². The Morgan fingerprint density at radius 2 is 2.27 bits per heavy atom. The lowest BCUT2D eigenvalue weighted by atomic mass is 10.1. The minimum absolute atomic E-state index is 0.769. The first-order valence-corrected chi connectivity index (χ1v) is 7.48. The third kappa shape index (κ3) is 5.83. The molecule has 4 heteroatoms. The van der Waals surface area contributed by atoms with Gasteiger partial charge in [-0.1, -0.05) is 6.92 Å². The second-order valence-corrected chi connectivity index (χ2v) is 6.05. The molecule has 0 amide bonds. The maximum Gasteiger partial charge on any atom is 0.0960 e. The van der Waals surface area contributed by atoms with Crippen LogP contribution < -0.4 is 0 Å². The predicted molar refractivity (Wildman–Crippen MR) is 74.9 cm³/mol. The van der Waals surface area contributed by atoms with Gasteiger partial charge in [0.15, 0.2) is 0 Å². The fourth-order valence-corrected chi connectivity index (χ4v) is 2.87. The topological polar surface area (TPSA) is 12.9 Å². The van der Waals surface area contributed by atoms with Gasteiger partial charge in [0.05, 0.1) is 5.03 Å². The summed E-state index contributed by atoms with van der Waals surface area (Å²) in [6.07, 6.45) is 4.29. The number of hydrogen-bond donors (Lipinski definition) is 1. The molecule has 84 valence electrons. The van der Waals surface area contributed by atoms with Gasteiger partial charge in [-0.15, -0.1) is 11.8 Å². The lowest BCUT2D eigenvalue weighted by Gasteiger charge is -2.08. The van der Waals surface area contributed by atoms with Crippen LogP contribution in [0.5, 0.6) is 0 Å². The molecule has 0 aliphatic carbocycles. The van der Waals surface area contributed by atoms with Gasteiger partial charge in [0.1, 0.15) is 0 Å². The van der Waals surface area contributed by atoms with Crippen molar-refractivity contribution in [3.63, 3.8) is 0 Å².